The SMILES string of the molecule is CC(=O)Oc1ccc(/C=C2/C(=O)O[C@]34C=C[C@@H]5C=CO[C@H](O[C@@H]23)[C@@H]54)cc1. The fourth-order valence-corrected chi connectivity index (χ4v) is 4.20. The summed E-state index contributed by atoms with van der Waals surface area (Å²) in [6.07, 6.45) is 8.43. The van der Waals surface area contributed by atoms with E-state index in [9.17, 15) is 9.59 Å². The lowest BCUT2D eigenvalue weighted by molar-refractivity contribution is -0.150. The van der Waals surface area contributed by atoms with Crippen LogP contribution in [0.5, 0.6) is 5.75 Å². The van der Waals surface area contributed by atoms with Crippen LogP contribution >= 0.6 is 0 Å². The number of hydrogen-bond acceptors (Lipinski definition) is 6. The number of carbonyl (C=O) groups excluding carboxylic acids is 2. The van der Waals surface area contributed by atoms with Crippen molar-refractivity contribution in [1.82, 2.24) is 0 Å². The summed E-state index contributed by atoms with van der Waals surface area (Å²) in [7, 11) is 0. The van der Waals surface area contributed by atoms with E-state index in [1.54, 1.807) is 36.6 Å². The van der Waals surface area contributed by atoms with E-state index in [0.717, 1.165) is 5.56 Å². The number of esters is 2. The van der Waals surface area contributed by atoms with Gasteiger partial charge in [-0.3, -0.25) is 4.79 Å². The van der Waals surface area contributed by atoms with Crippen LogP contribution in [0.1, 0.15) is 12.5 Å². The maximum Gasteiger partial charge on any atom is 0.337 e. The monoisotopic (exact) mass is 352 g/mol. The molecule has 0 saturated carbocycles. The summed E-state index contributed by atoms with van der Waals surface area (Å²) in [6, 6.07) is 6.91. The number of rotatable bonds is 2. The third kappa shape index (κ3) is 2.08. The first-order valence-electron chi connectivity index (χ1n) is 8.47. The number of carbonyl (C=O) groups is 2. The second-order valence-electron chi connectivity index (χ2n) is 6.82. The van der Waals surface area contributed by atoms with Crippen molar-refractivity contribution in [2.75, 3.05) is 0 Å². The lowest BCUT2D eigenvalue weighted by atomic mass is 9.81. The summed E-state index contributed by atoms with van der Waals surface area (Å²) >= 11 is 0. The first kappa shape index (κ1) is 15.4. The third-order valence-electron chi connectivity index (χ3n) is 5.25. The van der Waals surface area contributed by atoms with E-state index in [1.807, 2.05) is 12.2 Å². The van der Waals surface area contributed by atoms with Crippen molar-refractivity contribution in [3.63, 3.8) is 0 Å². The molecular weight excluding hydrogens is 336 g/mol. The average molecular weight is 352 g/mol. The van der Waals surface area contributed by atoms with Crippen LogP contribution in [-0.2, 0) is 23.8 Å². The highest BCUT2D eigenvalue weighted by atomic mass is 16.7. The second kappa shape index (κ2) is 5.32. The Kier molecular flexibility index (Phi) is 3.15. The van der Waals surface area contributed by atoms with Crippen molar-refractivity contribution in [1.29, 1.82) is 0 Å². The molecule has 0 amide bonds. The molecule has 0 bridgehead atoms. The molecule has 0 radical (unpaired) electrons. The number of allylic oxidation sites excluding steroid dienone is 2. The Morgan fingerprint density at radius 3 is 2.81 bits per heavy atom. The predicted molar refractivity (Wildman–Crippen MR) is 89.6 cm³/mol. The molecule has 5 atom stereocenters. The van der Waals surface area contributed by atoms with E-state index in [1.165, 1.54) is 6.92 Å². The van der Waals surface area contributed by atoms with Gasteiger partial charge in [-0.25, -0.2) is 4.79 Å². The lowest BCUT2D eigenvalue weighted by Crippen LogP contribution is -2.41. The molecule has 132 valence electrons. The molecule has 5 rings (SSSR count). The Morgan fingerprint density at radius 1 is 1.23 bits per heavy atom. The minimum atomic E-state index is -0.791. The molecule has 0 unspecified atom stereocenters. The van der Waals surface area contributed by atoms with Crippen LogP contribution in [0.15, 0.2) is 54.3 Å². The third-order valence-corrected chi connectivity index (χ3v) is 5.25. The van der Waals surface area contributed by atoms with Crippen LogP contribution in [0.2, 0.25) is 0 Å². The first-order chi connectivity index (χ1) is 12.6. The number of hydrogen-bond donors (Lipinski definition) is 0. The van der Waals surface area contributed by atoms with Crippen LogP contribution < -0.4 is 4.74 Å². The van der Waals surface area contributed by atoms with E-state index < -0.39 is 18.0 Å². The lowest BCUT2D eigenvalue weighted by Gasteiger charge is -2.30. The van der Waals surface area contributed by atoms with Crippen molar-refractivity contribution in [3.8, 4) is 5.75 Å². The Hall–Kier alpha value is -2.86. The second-order valence-corrected chi connectivity index (χ2v) is 6.82. The van der Waals surface area contributed by atoms with Crippen LogP contribution in [-0.4, -0.2) is 29.9 Å². The van der Waals surface area contributed by atoms with Gasteiger partial charge in [0.2, 0.25) is 6.29 Å². The van der Waals surface area contributed by atoms with Crippen molar-refractivity contribution >= 4 is 18.0 Å². The molecule has 6 heteroatoms. The zero-order chi connectivity index (χ0) is 17.9. The molecule has 3 aliphatic heterocycles. The van der Waals surface area contributed by atoms with Crippen LogP contribution in [0.3, 0.4) is 0 Å². The van der Waals surface area contributed by atoms with E-state index >= 15 is 0 Å². The summed E-state index contributed by atoms with van der Waals surface area (Å²) in [6.45, 7) is 1.35. The van der Waals surface area contributed by atoms with Crippen LogP contribution in [0.4, 0.5) is 0 Å². The van der Waals surface area contributed by atoms with Gasteiger partial charge in [-0.05, 0) is 35.9 Å². The largest absolute Gasteiger partial charge is 0.472 e. The smallest absolute Gasteiger partial charge is 0.337 e. The predicted octanol–water partition coefficient (Wildman–Crippen LogP) is 2.36. The Balaban J connectivity index is 1.47. The average Bonchev–Trinajstić information content (AvgIpc) is 3.21. The van der Waals surface area contributed by atoms with E-state index in [0.29, 0.717) is 11.3 Å². The minimum absolute atomic E-state index is 0.0568. The van der Waals surface area contributed by atoms with Crippen molar-refractivity contribution in [3.05, 3.63) is 59.9 Å². The molecule has 4 aliphatic rings. The van der Waals surface area contributed by atoms with Gasteiger partial charge in [0.25, 0.3) is 0 Å². The zero-order valence-electron chi connectivity index (χ0n) is 14.0. The van der Waals surface area contributed by atoms with Gasteiger partial charge in [0, 0.05) is 12.8 Å². The van der Waals surface area contributed by atoms with E-state index in [4.69, 9.17) is 18.9 Å². The molecule has 1 aliphatic carbocycles. The highest BCUT2D eigenvalue weighted by Gasteiger charge is 2.69. The zero-order valence-corrected chi connectivity index (χ0v) is 14.0. The Morgan fingerprint density at radius 2 is 2.04 bits per heavy atom. The highest BCUT2D eigenvalue weighted by Crippen LogP contribution is 2.56. The molecule has 1 aromatic carbocycles. The standard InChI is InChI=1S/C20H16O6/c1-11(21)24-14-4-2-12(3-5-14)10-15-17-20(26-18(15)22)8-6-13-7-9-23-19(25-17)16(13)20/h2-10,13,16-17,19H,1H3/b15-10+/t13-,16-,17+,19-,20+/m1/s1. The van der Waals surface area contributed by atoms with Crippen molar-refractivity contribution in [2.24, 2.45) is 11.8 Å². The molecule has 26 heavy (non-hydrogen) atoms. The maximum atomic E-state index is 12.5. The highest BCUT2D eigenvalue weighted by molar-refractivity contribution is 5.98. The molecular formula is C20H16O6. The Labute approximate surface area is 149 Å². The Bertz CT molecular complexity index is 880. The topological polar surface area (TPSA) is 71.1 Å². The van der Waals surface area contributed by atoms with Crippen molar-refractivity contribution in [2.45, 2.75) is 24.9 Å². The first-order valence-corrected chi connectivity index (χ1v) is 8.47. The molecule has 6 nitrogen and oxygen atoms in total. The fourth-order valence-electron chi connectivity index (χ4n) is 4.20. The fraction of sp³-hybridized carbons (Fsp3) is 0.300. The minimum Gasteiger partial charge on any atom is -0.472 e. The molecule has 1 spiro atoms. The van der Waals surface area contributed by atoms with Gasteiger partial charge in [-0.15, -0.1) is 0 Å². The van der Waals surface area contributed by atoms with Gasteiger partial charge in [-0.1, -0.05) is 18.2 Å². The molecule has 2 saturated heterocycles. The summed E-state index contributed by atoms with van der Waals surface area (Å²) in [5.74, 6) is -0.213. The van der Waals surface area contributed by atoms with Crippen LogP contribution in [0, 0.1) is 11.8 Å². The summed E-state index contributed by atoms with van der Waals surface area (Å²) in [5.41, 5.74) is 0.468. The van der Waals surface area contributed by atoms with Gasteiger partial charge >= 0.3 is 11.9 Å². The molecule has 3 heterocycles. The molecule has 1 aromatic rings. The van der Waals surface area contributed by atoms with Gasteiger partial charge in [0.15, 0.2) is 5.60 Å². The molecule has 2 fully saturated rings. The summed E-state index contributed by atoms with van der Waals surface area (Å²) in [5, 5.41) is 0. The van der Waals surface area contributed by atoms with Crippen molar-refractivity contribution < 1.29 is 28.5 Å². The number of benzene rings is 1. The maximum absolute atomic E-state index is 12.5. The quantitative estimate of drug-likeness (QED) is 0.352. The van der Waals surface area contributed by atoms with E-state index in [-0.39, 0.29) is 23.8 Å². The number of ether oxygens (including phenoxy) is 4. The van der Waals surface area contributed by atoms with Gasteiger partial charge in [0.1, 0.15) is 11.9 Å². The molecule has 0 N–H and O–H groups in total. The molecule has 0 aromatic heterocycles. The van der Waals surface area contributed by atoms with Gasteiger partial charge in [0.05, 0.1) is 17.8 Å². The van der Waals surface area contributed by atoms with Crippen LogP contribution in [0.25, 0.3) is 6.08 Å². The summed E-state index contributed by atoms with van der Waals surface area (Å²) < 4.78 is 22.4. The van der Waals surface area contributed by atoms with E-state index in [2.05, 4.69) is 6.08 Å². The van der Waals surface area contributed by atoms with Gasteiger partial charge < -0.3 is 18.9 Å². The van der Waals surface area contributed by atoms with Gasteiger partial charge in [-0.2, -0.15) is 0 Å². The summed E-state index contributed by atoms with van der Waals surface area (Å²) in [4.78, 5) is 23.5. The normalized spacial score (nSPS) is 37.3.